The third-order valence-corrected chi connectivity index (χ3v) is 3.56. The van der Waals surface area contributed by atoms with Crippen molar-refractivity contribution >= 4 is 34.8 Å². The van der Waals surface area contributed by atoms with Crippen molar-refractivity contribution < 1.29 is 18.0 Å². The van der Waals surface area contributed by atoms with Crippen molar-refractivity contribution in [2.24, 2.45) is 0 Å². The number of benzene rings is 2. The van der Waals surface area contributed by atoms with E-state index < -0.39 is 23.4 Å². The molecule has 1 amide bonds. The normalized spacial score (nSPS) is 10.5. The highest BCUT2D eigenvalue weighted by atomic mass is 35.5. The number of nitrogens with zero attached hydrogens (tertiary/aromatic N) is 2. The first-order chi connectivity index (χ1) is 12.4. The van der Waals surface area contributed by atoms with Crippen LogP contribution in [0, 0.1) is 17.5 Å². The number of rotatable bonds is 4. The van der Waals surface area contributed by atoms with E-state index in [1.807, 2.05) is 0 Å². The number of hydrogen-bond donors (Lipinski definition) is 2. The molecule has 0 fully saturated rings. The van der Waals surface area contributed by atoms with Gasteiger partial charge in [-0.15, -0.1) is 0 Å². The van der Waals surface area contributed by atoms with Crippen LogP contribution in [0.15, 0.2) is 48.8 Å². The van der Waals surface area contributed by atoms with Crippen LogP contribution in [0.3, 0.4) is 0 Å². The number of anilines is 3. The summed E-state index contributed by atoms with van der Waals surface area (Å²) in [6.07, 6.45) is 2.49. The second kappa shape index (κ2) is 7.40. The SMILES string of the molecule is O=C(Nc1ccc(F)c(Cl)c1)c1cnc(Nc2ccc(F)c(F)c2)nc1. The maximum atomic E-state index is 13.2. The van der Waals surface area contributed by atoms with Gasteiger partial charge in [0, 0.05) is 29.8 Å². The molecule has 0 radical (unpaired) electrons. The molecule has 1 aromatic heterocycles. The van der Waals surface area contributed by atoms with E-state index in [4.69, 9.17) is 11.6 Å². The molecule has 9 heteroatoms. The van der Waals surface area contributed by atoms with Gasteiger partial charge in [0.25, 0.3) is 5.91 Å². The quantitative estimate of drug-likeness (QED) is 0.699. The van der Waals surface area contributed by atoms with Crippen LogP contribution in [-0.4, -0.2) is 15.9 Å². The zero-order valence-electron chi connectivity index (χ0n) is 12.9. The van der Waals surface area contributed by atoms with Crippen LogP contribution in [0.25, 0.3) is 0 Å². The molecule has 0 bridgehead atoms. The Bertz CT molecular complexity index is 967. The topological polar surface area (TPSA) is 66.9 Å². The fourth-order valence-electron chi connectivity index (χ4n) is 1.99. The Morgan fingerprint density at radius 1 is 0.885 bits per heavy atom. The lowest BCUT2D eigenvalue weighted by atomic mass is 10.2. The third kappa shape index (κ3) is 4.09. The first-order valence-electron chi connectivity index (χ1n) is 7.23. The average Bonchev–Trinajstić information content (AvgIpc) is 2.62. The van der Waals surface area contributed by atoms with Crippen molar-refractivity contribution in [3.8, 4) is 0 Å². The Hall–Kier alpha value is -3.13. The fourth-order valence-corrected chi connectivity index (χ4v) is 2.17. The number of aromatic nitrogens is 2. The molecule has 2 N–H and O–H groups in total. The molecule has 0 spiro atoms. The minimum absolute atomic E-state index is 0.0948. The summed E-state index contributed by atoms with van der Waals surface area (Å²) in [5.41, 5.74) is 0.703. The molecule has 1 heterocycles. The van der Waals surface area contributed by atoms with Gasteiger partial charge in [0.05, 0.1) is 10.6 Å². The van der Waals surface area contributed by atoms with Crippen molar-refractivity contribution in [2.45, 2.75) is 0 Å². The fraction of sp³-hybridized carbons (Fsp3) is 0. The summed E-state index contributed by atoms with van der Waals surface area (Å²) in [6, 6.07) is 7.00. The molecular weight excluding hydrogens is 369 g/mol. The Labute approximate surface area is 150 Å². The first kappa shape index (κ1) is 17.7. The molecule has 0 atom stereocenters. The van der Waals surface area contributed by atoms with E-state index in [1.165, 1.54) is 30.6 Å². The molecule has 2 aromatic carbocycles. The van der Waals surface area contributed by atoms with Crippen molar-refractivity contribution in [2.75, 3.05) is 10.6 Å². The molecule has 132 valence electrons. The molecule has 0 saturated carbocycles. The lowest BCUT2D eigenvalue weighted by Crippen LogP contribution is -2.13. The summed E-state index contributed by atoms with van der Waals surface area (Å²) in [5, 5.41) is 5.09. The van der Waals surface area contributed by atoms with Crippen LogP contribution in [0.5, 0.6) is 0 Å². The van der Waals surface area contributed by atoms with Crippen LogP contribution in [0.4, 0.5) is 30.5 Å². The zero-order valence-corrected chi connectivity index (χ0v) is 13.7. The molecule has 0 aliphatic carbocycles. The highest BCUT2D eigenvalue weighted by Crippen LogP contribution is 2.20. The number of halogens is 4. The van der Waals surface area contributed by atoms with Crippen LogP contribution in [0.1, 0.15) is 10.4 Å². The van der Waals surface area contributed by atoms with Crippen molar-refractivity contribution in [3.63, 3.8) is 0 Å². The van der Waals surface area contributed by atoms with Crippen LogP contribution >= 0.6 is 11.6 Å². The monoisotopic (exact) mass is 378 g/mol. The van der Waals surface area contributed by atoms with E-state index in [2.05, 4.69) is 20.6 Å². The Kier molecular flexibility index (Phi) is 5.04. The Morgan fingerprint density at radius 3 is 2.19 bits per heavy atom. The molecule has 0 saturated heterocycles. The largest absolute Gasteiger partial charge is 0.324 e. The van der Waals surface area contributed by atoms with Crippen molar-refractivity contribution in [1.29, 1.82) is 0 Å². The summed E-state index contributed by atoms with van der Waals surface area (Å²) >= 11 is 5.65. The van der Waals surface area contributed by atoms with Gasteiger partial charge in [0.2, 0.25) is 5.95 Å². The number of carbonyl (C=O) groups excluding carboxylic acids is 1. The molecule has 3 rings (SSSR count). The van der Waals surface area contributed by atoms with Gasteiger partial charge in [-0.2, -0.15) is 0 Å². The maximum absolute atomic E-state index is 13.2. The van der Waals surface area contributed by atoms with Gasteiger partial charge in [-0.3, -0.25) is 4.79 Å². The van der Waals surface area contributed by atoms with E-state index >= 15 is 0 Å². The van der Waals surface area contributed by atoms with E-state index in [9.17, 15) is 18.0 Å². The van der Waals surface area contributed by atoms with Gasteiger partial charge < -0.3 is 10.6 Å². The number of amides is 1. The van der Waals surface area contributed by atoms with Crippen LogP contribution in [-0.2, 0) is 0 Å². The van der Waals surface area contributed by atoms with Gasteiger partial charge in [0.15, 0.2) is 11.6 Å². The summed E-state index contributed by atoms with van der Waals surface area (Å²) in [6.45, 7) is 0. The molecule has 0 unspecified atom stereocenters. The number of nitrogens with one attached hydrogen (secondary N) is 2. The maximum Gasteiger partial charge on any atom is 0.258 e. The lowest BCUT2D eigenvalue weighted by molar-refractivity contribution is 0.102. The standard InChI is InChI=1S/C17H10ClF3N4O/c18-12-5-10(1-3-13(12)19)24-16(26)9-7-22-17(23-8-9)25-11-2-4-14(20)15(21)6-11/h1-8H,(H,24,26)(H,22,23,25). The zero-order chi connectivity index (χ0) is 18.7. The van der Waals surface area contributed by atoms with E-state index in [0.29, 0.717) is 5.69 Å². The van der Waals surface area contributed by atoms with Crippen molar-refractivity contribution in [3.05, 3.63) is 76.8 Å². The lowest BCUT2D eigenvalue weighted by Gasteiger charge is -2.07. The molecular formula is C17H10ClF3N4O. The third-order valence-electron chi connectivity index (χ3n) is 3.27. The van der Waals surface area contributed by atoms with Gasteiger partial charge >= 0.3 is 0 Å². The smallest absolute Gasteiger partial charge is 0.258 e. The summed E-state index contributed by atoms with van der Waals surface area (Å²) in [5.74, 6) is -3.00. The first-order valence-corrected chi connectivity index (χ1v) is 7.61. The highest BCUT2D eigenvalue weighted by molar-refractivity contribution is 6.31. The highest BCUT2D eigenvalue weighted by Gasteiger charge is 2.10. The van der Waals surface area contributed by atoms with Gasteiger partial charge in [0.1, 0.15) is 5.82 Å². The number of hydrogen-bond acceptors (Lipinski definition) is 4. The van der Waals surface area contributed by atoms with Gasteiger partial charge in [-0.25, -0.2) is 23.1 Å². The molecule has 5 nitrogen and oxygen atoms in total. The second-order valence-electron chi connectivity index (χ2n) is 5.13. The summed E-state index contributed by atoms with van der Waals surface area (Å²) in [7, 11) is 0. The Balaban J connectivity index is 1.69. The van der Waals surface area contributed by atoms with Crippen LogP contribution in [0.2, 0.25) is 5.02 Å². The van der Waals surface area contributed by atoms with Crippen LogP contribution < -0.4 is 10.6 Å². The van der Waals surface area contributed by atoms with Gasteiger partial charge in [-0.05, 0) is 30.3 Å². The number of carbonyl (C=O) groups is 1. The predicted molar refractivity (Wildman–Crippen MR) is 91.0 cm³/mol. The van der Waals surface area contributed by atoms with Gasteiger partial charge in [-0.1, -0.05) is 11.6 Å². The summed E-state index contributed by atoms with van der Waals surface area (Å²) < 4.78 is 39.2. The second-order valence-corrected chi connectivity index (χ2v) is 5.54. The van der Waals surface area contributed by atoms with E-state index in [-0.39, 0.29) is 22.2 Å². The van der Waals surface area contributed by atoms with Crippen molar-refractivity contribution in [1.82, 2.24) is 9.97 Å². The Morgan fingerprint density at radius 2 is 1.54 bits per heavy atom. The van der Waals surface area contributed by atoms with E-state index in [0.717, 1.165) is 18.2 Å². The van der Waals surface area contributed by atoms with E-state index in [1.54, 1.807) is 0 Å². The minimum atomic E-state index is -1.01. The molecule has 0 aliphatic rings. The summed E-state index contributed by atoms with van der Waals surface area (Å²) in [4.78, 5) is 20.0. The molecule has 26 heavy (non-hydrogen) atoms. The minimum Gasteiger partial charge on any atom is -0.324 e. The molecule has 3 aromatic rings. The average molecular weight is 379 g/mol. The predicted octanol–water partition coefficient (Wildman–Crippen LogP) is 4.54. The molecule has 0 aliphatic heterocycles.